The Morgan fingerprint density at radius 2 is 1.83 bits per heavy atom. The molecule has 0 bridgehead atoms. The van der Waals surface area contributed by atoms with Gasteiger partial charge in [-0.1, -0.05) is 65.9 Å². The second kappa shape index (κ2) is 6.85. The molecule has 23 heavy (non-hydrogen) atoms. The molecule has 2 nitrogen and oxygen atoms in total. The number of thiol groups is 1. The standard InChI is InChI=1S/C17H14ClNOS3/c1-10-4-2-3-5-13(10)19-16(20)14(21)15(23-17(19)22)11-6-8-12(18)9-7-11/h2-9,14-15,21H,1H3/t14-,15+/m0/s1. The number of nitrogens with zero attached hydrogens (tertiary/aromatic N) is 1. The van der Waals surface area contributed by atoms with E-state index in [0.29, 0.717) is 9.34 Å². The molecule has 1 heterocycles. The van der Waals surface area contributed by atoms with E-state index in [1.54, 1.807) is 4.90 Å². The molecule has 0 N–H and O–H groups in total. The van der Waals surface area contributed by atoms with Gasteiger partial charge >= 0.3 is 0 Å². The van der Waals surface area contributed by atoms with Crippen molar-refractivity contribution in [2.24, 2.45) is 0 Å². The number of para-hydroxylation sites is 1. The Bertz CT molecular complexity index is 763. The van der Waals surface area contributed by atoms with Crippen LogP contribution in [0.4, 0.5) is 5.69 Å². The van der Waals surface area contributed by atoms with Crippen LogP contribution in [-0.2, 0) is 4.79 Å². The molecule has 0 saturated carbocycles. The summed E-state index contributed by atoms with van der Waals surface area (Å²) in [5.41, 5.74) is 2.83. The van der Waals surface area contributed by atoms with E-state index in [-0.39, 0.29) is 11.2 Å². The molecule has 118 valence electrons. The summed E-state index contributed by atoms with van der Waals surface area (Å²) in [5.74, 6) is -0.0914. The molecule has 2 atom stereocenters. The van der Waals surface area contributed by atoms with E-state index in [0.717, 1.165) is 16.8 Å². The van der Waals surface area contributed by atoms with E-state index in [1.807, 2.05) is 55.5 Å². The molecule has 0 aromatic heterocycles. The van der Waals surface area contributed by atoms with Crippen LogP contribution in [0, 0.1) is 6.92 Å². The van der Waals surface area contributed by atoms with Crippen LogP contribution in [0.3, 0.4) is 0 Å². The van der Waals surface area contributed by atoms with Gasteiger partial charge in [-0.05, 0) is 36.2 Å². The smallest absolute Gasteiger partial charge is 0.246 e. The first kappa shape index (κ1) is 16.8. The van der Waals surface area contributed by atoms with E-state index in [4.69, 9.17) is 23.8 Å². The van der Waals surface area contributed by atoms with E-state index in [2.05, 4.69) is 12.6 Å². The molecule has 3 rings (SSSR count). The van der Waals surface area contributed by atoms with Gasteiger partial charge in [-0.3, -0.25) is 9.69 Å². The maximum atomic E-state index is 12.9. The number of amides is 1. The SMILES string of the molecule is Cc1ccccc1N1C(=O)[C@@H](S)[C@@H](c2ccc(Cl)cc2)SC1=S. The van der Waals surface area contributed by atoms with Gasteiger partial charge in [0.25, 0.3) is 0 Å². The Kier molecular flexibility index (Phi) is 5.01. The van der Waals surface area contributed by atoms with Gasteiger partial charge in [0.15, 0.2) is 0 Å². The summed E-state index contributed by atoms with van der Waals surface area (Å²) in [6, 6.07) is 15.2. The molecule has 0 unspecified atom stereocenters. The van der Waals surface area contributed by atoms with Crippen LogP contribution < -0.4 is 4.90 Å². The number of thiocarbonyl (C=S) groups is 1. The molecule has 6 heteroatoms. The number of hydrogen-bond donors (Lipinski definition) is 1. The number of thioether (sulfide) groups is 1. The molecule has 0 aliphatic carbocycles. The molecule has 2 aromatic carbocycles. The van der Waals surface area contributed by atoms with Crippen LogP contribution in [0.1, 0.15) is 16.4 Å². The highest BCUT2D eigenvalue weighted by atomic mass is 35.5. The number of rotatable bonds is 2. The lowest BCUT2D eigenvalue weighted by molar-refractivity contribution is -0.117. The maximum absolute atomic E-state index is 12.9. The third-order valence-electron chi connectivity index (χ3n) is 3.73. The third kappa shape index (κ3) is 3.29. The zero-order valence-corrected chi connectivity index (χ0v) is 15.6. The van der Waals surface area contributed by atoms with Crippen LogP contribution in [0.5, 0.6) is 0 Å². The van der Waals surface area contributed by atoms with Crippen molar-refractivity contribution in [3.63, 3.8) is 0 Å². The Hall–Kier alpha value is -1.01. The van der Waals surface area contributed by atoms with Crippen molar-refractivity contribution in [1.29, 1.82) is 0 Å². The molecule has 0 spiro atoms. The highest BCUT2D eigenvalue weighted by Crippen LogP contribution is 2.43. The van der Waals surface area contributed by atoms with Gasteiger partial charge in [-0.25, -0.2) is 0 Å². The van der Waals surface area contributed by atoms with Crippen molar-refractivity contribution in [2.45, 2.75) is 17.4 Å². The second-order valence-corrected chi connectivity index (χ2v) is 8.03. The van der Waals surface area contributed by atoms with E-state index in [9.17, 15) is 4.79 Å². The number of anilines is 1. The number of halogens is 1. The van der Waals surface area contributed by atoms with Gasteiger partial charge in [0.05, 0.1) is 16.2 Å². The molecular formula is C17H14ClNOS3. The highest BCUT2D eigenvalue weighted by Gasteiger charge is 2.40. The zero-order chi connectivity index (χ0) is 16.6. The quantitative estimate of drug-likeness (QED) is 0.582. The van der Waals surface area contributed by atoms with Crippen molar-refractivity contribution in [3.8, 4) is 0 Å². The van der Waals surface area contributed by atoms with Crippen molar-refractivity contribution in [3.05, 3.63) is 64.7 Å². The van der Waals surface area contributed by atoms with Crippen molar-refractivity contribution >= 4 is 64.1 Å². The second-order valence-electron chi connectivity index (χ2n) is 5.26. The predicted molar refractivity (Wildman–Crippen MR) is 106 cm³/mol. The fraction of sp³-hybridized carbons (Fsp3) is 0.176. The summed E-state index contributed by atoms with van der Waals surface area (Å²) in [6.07, 6.45) is 0. The summed E-state index contributed by atoms with van der Waals surface area (Å²) < 4.78 is 0.551. The monoisotopic (exact) mass is 379 g/mol. The largest absolute Gasteiger partial charge is 0.273 e. The third-order valence-corrected chi connectivity index (χ3v) is 6.35. The summed E-state index contributed by atoms with van der Waals surface area (Å²) in [4.78, 5) is 14.5. The first-order chi connectivity index (χ1) is 11.0. The van der Waals surface area contributed by atoms with Gasteiger partial charge in [0, 0.05) is 5.02 Å². The summed E-state index contributed by atoms with van der Waals surface area (Å²) in [6.45, 7) is 1.97. The Morgan fingerprint density at radius 1 is 1.17 bits per heavy atom. The first-order valence-corrected chi connectivity index (χ1v) is 9.21. The topological polar surface area (TPSA) is 20.3 Å². The number of carbonyl (C=O) groups is 1. The van der Waals surface area contributed by atoms with Crippen molar-refractivity contribution in [2.75, 3.05) is 4.90 Å². The molecule has 1 aliphatic rings. The Labute approximate surface area is 155 Å². The average Bonchev–Trinajstić information content (AvgIpc) is 2.54. The lowest BCUT2D eigenvalue weighted by Gasteiger charge is -2.36. The average molecular weight is 380 g/mol. The molecule has 2 aromatic rings. The summed E-state index contributed by atoms with van der Waals surface area (Å²) in [7, 11) is 0. The van der Waals surface area contributed by atoms with Crippen LogP contribution in [0.25, 0.3) is 0 Å². The van der Waals surface area contributed by atoms with Gasteiger partial charge in [-0.2, -0.15) is 12.6 Å². The molecule has 1 amide bonds. The fourth-order valence-electron chi connectivity index (χ4n) is 2.51. The normalized spacial score (nSPS) is 21.6. The highest BCUT2D eigenvalue weighted by molar-refractivity contribution is 8.24. The minimum atomic E-state index is -0.465. The Morgan fingerprint density at radius 3 is 2.48 bits per heavy atom. The molecule has 1 saturated heterocycles. The van der Waals surface area contributed by atoms with Crippen molar-refractivity contribution in [1.82, 2.24) is 0 Å². The van der Waals surface area contributed by atoms with E-state index < -0.39 is 5.25 Å². The van der Waals surface area contributed by atoms with Crippen LogP contribution in [0.15, 0.2) is 48.5 Å². The van der Waals surface area contributed by atoms with Crippen LogP contribution in [0.2, 0.25) is 5.02 Å². The lowest BCUT2D eigenvalue weighted by Crippen LogP contribution is -2.46. The number of carbonyl (C=O) groups excluding carboxylic acids is 1. The summed E-state index contributed by atoms with van der Waals surface area (Å²) in [5, 5.41) is 0.0871. The van der Waals surface area contributed by atoms with Gasteiger partial charge in [-0.15, -0.1) is 0 Å². The van der Waals surface area contributed by atoms with E-state index >= 15 is 0 Å². The van der Waals surface area contributed by atoms with Crippen LogP contribution >= 0.6 is 48.2 Å². The number of aryl methyl sites for hydroxylation is 1. The molecule has 1 fully saturated rings. The predicted octanol–water partition coefficient (Wildman–Crippen LogP) is 5.05. The number of benzene rings is 2. The molecular weight excluding hydrogens is 366 g/mol. The fourth-order valence-corrected chi connectivity index (χ4v) is 4.66. The summed E-state index contributed by atoms with van der Waals surface area (Å²) >= 11 is 17.5. The van der Waals surface area contributed by atoms with Gasteiger partial charge in [0.2, 0.25) is 5.91 Å². The number of hydrogen-bond acceptors (Lipinski definition) is 4. The minimum Gasteiger partial charge on any atom is -0.273 e. The van der Waals surface area contributed by atoms with Gasteiger partial charge < -0.3 is 0 Å². The maximum Gasteiger partial charge on any atom is 0.246 e. The molecule has 0 radical (unpaired) electrons. The van der Waals surface area contributed by atoms with Crippen molar-refractivity contribution < 1.29 is 4.79 Å². The van der Waals surface area contributed by atoms with E-state index in [1.165, 1.54) is 11.8 Å². The lowest BCUT2D eigenvalue weighted by atomic mass is 10.1. The molecule has 1 aliphatic heterocycles. The van der Waals surface area contributed by atoms with Crippen LogP contribution in [-0.4, -0.2) is 15.5 Å². The van der Waals surface area contributed by atoms with Gasteiger partial charge in [0.1, 0.15) is 4.32 Å². The minimum absolute atomic E-state index is 0.0914. The zero-order valence-electron chi connectivity index (χ0n) is 12.3. The first-order valence-electron chi connectivity index (χ1n) is 7.03. The Balaban J connectivity index is 1.93.